The maximum Gasteiger partial charge on any atom is 0.253 e. The van der Waals surface area contributed by atoms with Crippen LogP contribution in [0.3, 0.4) is 0 Å². The molecule has 0 saturated carbocycles. The van der Waals surface area contributed by atoms with Crippen molar-refractivity contribution in [3.05, 3.63) is 95.0 Å². The van der Waals surface area contributed by atoms with Crippen LogP contribution in [0.4, 0.5) is 5.69 Å². The van der Waals surface area contributed by atoms with Gasteiger partial charge >= 0.3 is 0 Å². The molecule has 3 aromatic carbocycles. The van der Waals surface area contributed by atoms with Gasteiger partial charge in [0.1, 0.15) is 0 Å². The van der Waals surface area contributed by atoms with E-state index in [0.717, 1.165) is 5.56 Å². The van der Waals surface area contributed by atoms with Crippen molar-refractivity contribution in [2.75, 3.05) is 19.6 Å². The highest BCUT2D eigenvalue weighted by Crippen LogP contribution is 2.31. The first-order valence-electron chi connectivity index (χ1n) is 13.4. The van der Waals surface area contributed by atoms with Crippen LogP contribution >= 0.6 is 23.4 Å². The summed E-state index contributed by atoms with van der Waals surface area (Å²) in [5, 5.41) is 3.88. The summed E-state index contributed by atoms with van der Waals surface area (Å²) in [5.74, 6) is -0.581. The molecule has 2 unspecified atom stereocenters. The lowest BCUT2D eigenvalue weighted by atomic mass is 10.0. The lowest BCUT2D eigenvalue weighted by molar-refractivity contribution is -0.127. The number of amides is 2. The maximum absolute atomic E-state index is 13.7. The number of hydrogen-bond donors (Lipinski definition) is 1. The summed E-state index contributed by atoms with van der Waals surface area (Å²) in [5.41, 5.74) is 1.56. The molecule has 11 heteroatoms. The van der Waals surface area contributed by atoms with Gasteiger partial charge in [0.15, 0.2) is 5.17 Å². The van der Waals surface area contributed by atoms with Gasteiger partial charge in [-0.05, 0) is 35.9 Å². The fourth-order valence-corrected chi connectivity index (χ4v) is 7.32. The van der Waals surface area contributed by atoms with E-state index in [1.165, 1.54) is 22.1 Å². The summed E-state index contributed by atoms with van der Waals surface area (Å²) in [6.07, 6.45) is 0.00286. The van der Waals surface area contributed by atoms with E-state index < -0.39 is 16.1 Å². The molecule has 4 rings (SSSR count). The summed E-state index contributed by atoms with van der Waals surface area (Å²) in [4.78, 5) is 33.3. The van der Waals surface area contributed by atoms with Gasteiger partial charge in [-0.2, -0.15) is 4.31 Å². The van der Waals surface area contributed by atoms with Crippen LogP contribution in [0.25, 0.3) is 0 Å². The lowest BCUT2D eigenvalue weighted by Gasteiger charge is -2.23. The third kappa shape index (κ3) is 7.37. The second-order valence-corrected chi connectivity index (χ2v) is 13.3. The van der Waals surface area contributed by atoms with E-state index in [1.807, 2.05) is 37.3 Å². The van der Waals surface area contributed by atoms with E-state index in [1.54, 1.807) is 61.2 Å². The number of amidine groups is 1. The zero-order valence-corrected chi connectivity index (χ0v) is 25.5. The summed E-state index contributed by atoms with van der Waals surface area (Å²) in [6.45, 7) is 6.77. The summed E-state index contributed by atoms with van der Waals surface area (Å²) >= 11 is 7.70. The average molecular weight is 613 g/mol. The van der Waals surface area contributed by atoms with Crippen LogP contribution in [-0.2, 0) is 14.8 Å². The monoisotopic (exact) mass is 612 g/mol. The number of aliphatic imine (C=N–C) groups is 1. The van der Waals surface area contributed by atoms with Crippen molar-refractivity contribution in [3.8, 4) is 0 Å². The maximum atomic E-state index is 13.7. The Bertz CT molecular complexity index is 1530. The first-order valence-corrected chi connectivity index (χ1v) is 16.1. The summed E-state index contributed by atoms with van der Waals surface area (Å²) in [7, 11) is -3.65. The molecule has 0 aliphatic carbocycles. The highest BCUT2D eigenvalue weighted by molar-refractivity contribution is 8.14. The van der Waals surface area contributed by atoms with Crippen molar-refractivity contribution in [2.45, 2.75) is 43.4 Å². The molecule has 1 fully saturated rings. The standard InChI is InChI=1S/C30H33ClN4O4S2/c1-4-34(5-2)41(38,39)24-15-11-14-23(18-24)32-30-35(20-21(3)40-30)28(36)19-27(22-12-7-6-8-13-22)33-29(37)25-16-9-10-17-26(25)31/h6-18,21,27H,4-5,19-20H2,1-3H3,(H,33,37). The van der Waals surface area contributed by atoms with Crippen molar-refractivity contribution < 1.29 is 18.0 Å². The number of nitrogens with zero attached hydrogens (tertiary/aromatic N) is 3. The molecule has 1 saturated heterocycles. The number of sulfonamides is 1. The molecule has 3 aromatic rings. The second-order valence-electron chi connectivity index (χ2n) is 9.53. The molecular weight excluding hydrogens is 580 g/mol. The Morgan fingerprint density at radius 2 is 1.73 bits per heavy atom. The molecule has 8 nitrogen and oxygen atoms in total. The number of nitrogens with one attached hydrogen (secondary N) is 1. The lowest BCUT2D eigenvalue weighted by Crippen LogP contribution is -2.37. The molecule has 0 aromatic heterocycles. The van der Waals surface area contributed by atoms with Crippen molar-refractivity contribution in [2.24, 2.45) is 4.99 Å². The van der Waals surface area contributed by atoms with Crippen LogP contribution in [0.2, 0.25) is 5.02 Å². The van der Waals surface area contributed by atoms with Gasteiger partial charge in [-0.3, -0.25) is 14.5 Å². The molecule has 0 spiro atoms. The van der Waals surface area contributed by atoms with Gasteiger partial charge in [0.25, 0.3) is 5.91 Å². The molecule has 216 valence electrons. The van der Waals surface area contributed by atoms with Gasteiger partial charge < -0.3 is 5.32 Å². The SMILES string of the molecule is CCN(CC)S(=O)(=O)c1cccc(N=C2SC(C)CN2C(=O)CC(NC(=O)c2ccccc2Cl)c2ccccc2)c1. The number of benzene rings is 3. The van der Waals surface area contributed by atoms with E-state index in [-0.39, 0.29) is 28.4 Å². The number of hydrogen-bond acceptors (Lipinski definition) is 6. The van der Waals surface area contributed by atoms with Crippen LogP contribution in [0, 0.1) is 0 Å². The van der Waals surface area contributed by atoms with Gasteiger partial charge in [0.05, 0.1) is 33.6 Å². The van der Waals surface area contributed by atoms with Gasteiger partial charge in [-0.25, -0.2) is 13.4 Å². The van der Waals surface area contributed by atoms with Gasteiger partial charge in [-0.1, -0.05) is 92.7 Å². The van der Waals surface area contributed by atoms with Crippen LogP contribution in [-0.4, -0.2) is 59.5 Å². The first kappa shape index (κ1) is 30.8. The quantitative estimate of drug-likeness (QED) is 0.308. The third-order valence-electron chi connectivity index (χ3n) is 6.67. The molecule has 2 atom stereocenters. The Hall–Kier alpha value is -3.18. The number of rotatable bonds is 10. The molecule has 1 aliphatic rings. The minimum Gasteiger partial charge on any atom is -0.345 e. The predicted octanol–water partition coefficient (Wildman–Crippen LogP) is 5.88. The highest BCUT2D eigenvalue weighted by atomic mass is 35.5. The molecular formula is C30H33ClN4O4S2. The van der Waals surface area contributed by atoms with Crippen LogP contribution in [0.15, 0.2) is 88.8 Å². The Kier molecular flexibility index (Phi) is 10.2. The normalized spacial score (nSPS) is 17.1. The van der Waals surface area contributed by atoms with E-state index in [2.05, 4.69) is 5.32 Å². The van der Waals surface area contributed by atoms with Crippen LogP contribution in [0.5, 0.6) is 0 Å². The van der Waals surface area contributed by atoms with Crippen LogP contribution in [0.1, 0.15) is 49.2 Å². The van der Waals surface area contributed by atoms with Crippen LogP contribution < -0.4 is 5.32 Å². The van der Waals surface area contributed by atoms with E-state index in [4.69, 9.17) is 16.6 Å². The smallest absolute Gasteiger partial charge is 0.253 e. The third-order valence-corrected chi connectivity index (χ3v) is 10.1. The molecule has 41 heavy (non-hydrogen) atoms. The number of carbonyl (C=O) groups excluding carboxylic acids is 2. The van der Waals surface area contributed by atoms with E-state index in [0.29, 0.717) is 41.1 Å². The van der Waals surface area contributed by atoms with E-state index >= 15 is 0 Å². The van der Waals surface area contributed by atoms with E-state index in [9.17, 15) is 18.0 Å². The molecule has 0 bridgehead atoms. The highest BCUT2D eigenvalue weighted by Gasteiger charge is 2.33. The predicted molar refractivity (Wildman–Crippen MR) is 165 cm³/mol. The van der Waals surface area contributed by atoms with Gasteiger partial charge in [0.2, 0.25) is 15.9 Å². The minimum atomic E-state index is -3.65. The molecule has 0 radical (unpaired) electrons. The minimum absolute atomic E-state index is 0.00286. The largest absolute Gasteiger partial charge is 0.345 e. The van der Waals surface area contributed by atoms with Gasteiger partial charge in [0, 0.05) is 24.9 Å². The molecule has 1 aliphatic heterocycles. The topological polar surface area (TPSA) is 99.2 Å². The van der Waals surface area contributed by atoms with Crippen molar-refractivity contribution >= 4 is 56.1 Å². The Balaban J connectivity index is 1.59. The number of halogens is 1. The number of thioether (sulfide) groups is 1. The van der Waals surface area contributed by atoms with Gasteiger partial charge in [-0.15, -0.1) is 0 Å². The average Bonchev–Trinajstić information content (AvgIpc) is 3.33. The Labute approximate surface area is 250 Å². The van der Waals surface area contributed by atoms with Crippen molar-refractivity contribution in [1.29, 1.82) is 0 Å². The Morgan fingerprint density at radius 3 is 2.41 bits per heavy atom. The zero-order valence-electron chi connectivity index (χ0n) is 23.2. The fourth-order valence-electron chi connectivity index (χ4n) is 4.55. The van der Waals surface area contributed by atoms with Crippen molar-refractivity contribution in [1.82, 2.24) is 14.5 Å². The summed E-state index contributed by atoms with van der Waals surface area (Å²) in [6, 6.07) is 21.9. The van der Waals surface area contributed by atoms with Crippen molar-refractivity contribution in [3.63, 3.8) is 0 Å². The Morgan fingerprint density at radius 1 is 1.05 bits per heavy atom. The number of carbonyl (C=O) groups is 2. The molecule has 1 N–H and O–H groups in total. The second kappa shape index (κ2) is 13.7. The fraction of sp³-hybridized carbons (Fsp3) is 0.300. The zero-order chi connectivity index (χ0) is 29.6. The first-order chi connectivity index (χ1) is 19.6. The molecule has 2 amide bonds. The molecule has 1 heterocycles. The summed E-state index contributed by atoms with van der Waals surface area (Å²) < 4.78 is 27.5.